The first kappa shape index (κ1) is 20.8. The zero-order valence-corrected chi connectivity index (χ0v) is 18.3. The number of likely N-dealkylation sites (tertiary alicyclic amines) is 1. The molecular formula is C26H30N2OS. The minimum atomic E-state index is 0.182. The number of aryl methyl sites for hydroxylation is 1. The molecule has 3 nitrogen and oxygen atoms in total. The molecule has 0 aliphatic carbocycles. The standard InChI is InChI=1S/C26H30N2OS/c29-26(28-15-4-1-5-16-28)23-10-6-8-21(18-23)19-27-14-7-11-22-9-2-3-12-25(22)24-13-17-30-20-24/h2-3,6,8-10,12-13,17-18,20,27H,1,4-5,7,11,14-16,19H2. The molecule has 3 aromatic rings. The summed E-state index contributed by atoms with van der Waals surface area (Å²) in [4.78, 5) is 14.7. The summed E-state index contributed by atoms with van der Waals surface area (Å²) in [7, 11) is 0. The molecule has 1 saturated heterocycles. The fourth-order valence-electron chi connectivity index (χ4n) is 4.17. The van der Waals surface area contributed by atoms with Crippen molar-refractivity contribution in [1.29, 1.82) is 0 Å². The third kappa shape index (κ3) is 5.38. The fraction of sp³-hybridized carbons (Fsp3) is 0.346. The van der Waals surface area contributed by atoms with E-state index in [9.17, 15) is 4.79 Å². The van der Waals surface area contributed by atoms with Gasteiger partial charge in [-0.1, -0.05) is 36.4 Å². The van der Waals surface area contributed by atoms with Crippen molar-refractivity contribution in [2.45, 2.75) is 38.6 Å². The zero-order valence-electron chi connectivity index (χ0n) is 17.5. The van der Waals surface area contributed by atoms with Crippen molar-refractivity contribution < 1.29 is 4.79 Å². The maximum absolute atomic E-state index is 12.7. The van der Waals surface area contributed by atoms with Gasteiger partial charge in [0.05, 0.1) is 0 Å². The molecule has 0 atom stereocenters. The van der Waals surface area contributed by atoms with Crippen molar-refractivity contribution in [3.05, 3.63) is 82.0 Å². The largest absolute Gasteiger partial charge is 0.339 e. The molecule has 0 radical (unpaired) electrons. The molecule has 1 aliphatic rings. The van der Waals surface area contributed by atoms with Crippen LogP contribution in [0.1, 0.15) is 47.2 Å². The van der Waals surface area contributed by atoms with Gasteiger partial charge in [-0.15, -0.1) is 0 Å². The predicted octanol–water partition coefficient (Wildman–Crippen LogP) is 5.76. The Balaban J connectivity index is 1.26. The fourth-order valence-corrected chi connectivity index (χ4v) is 4.82. The molecule has 2 aromatic carbocycles. The summed E-state index contributed by atoms with van der Waals surface area (Å²) in [5.41, 5.74) is 6.07. The van der Waals surface area contributed by atoms with Crippen LogP contribution in [-0.4, -0.2) is 30.4 Å². The Kier molecular flexibility index (Phi) is 7.33. The Labute approximate surface area is 183 Å². The molecule has 0 saturated carbocycles. The van der Waals surface area contributed by atoms with Gasteiger partial charge in [0, 0.05) is 25.2 Å². The summed E-state index contributed by atoms with van der Waals surface area (Å²) in [5, 5.41) is 7.90. The molecule has 30 heavy (non-hydrogen) atoms. The highest BCUT2D eigenvalue weighted by atomic mass is 32.1. The van der Waals surface area contributed by atoms with Gasteiger partial charge in [-0.25, -0.2) is 0 Å². The van der Waals surface area contributed by atoms with E-state index < -0.39 is 0 Å². The van der Waals surface area contributed by atoms with Crippen LogP contribution in [0.3, 0.4) is 0 Å². The summed E-state index contributed by atoms with van der Waals surface area (Å²) >= 11 is 1.75. The summed E-state index contributed by atoms with van der Waals surface area (Å²) in [6, 6.07) is 19.0. The molecule has 0 spiro atoms. The van der Waals surface area contributed by atoms with Crippen molar-refractivity contribution in [3.8, 4) is 11.1 Å². The second-order valence-electron chi connectivity index (χ2n) is 8.00. The second kappa shape index (κ2) is 10.6. The molecule has 1 amide bonds. The molecule has 1 fully saturated rings. The number of hydrogen-bond donors (Lipinski definition) is 1. The van der Waals surface area contributed by atoms with Crippen molar-refractivity contribution in [3.63, 3.8) is 0 Å². The van der Waals surface area contributed by atoms with Gasteiger partial charge in [-0.3, -0.25) is 4.79 Å². The number of piperidine rings is 1. The van der Waals surface area contributed by atoms with Crippen LogP contribution in [0.2, 0.25) is 0 Å². The first-order chi connectivity index (χ1) is 14.8. The number of nitrogens with one attached hydrogen (secondary N) is 1. The first-order valence-electron chi connectivity index (χ1n) is 11.0. The van der Waals surface area contributed by atoms with E-state index in [0.717, 1.165) is 57.4 Å². The molecule has 1 aliphatic heterocycles. The number of rotatable bonds is 8. The molecule has 156 valence electrons. The Morgan fingerprint density at radius 3 is 2.70 bits per heavy atom. The maximum atomic E-state index is 12.7. The number of carbonyl (C=O) groups excluding carboxylic acids is 1. The van der Waals surface area contributed by atoms with E-state index in [4.69, 9.17) is 0 Å². The van der Waals surface area contributed by atoms with E-state index in [1.807, 2.05) is 17.0 Å². The SMILES string of the molecule is O=C(c1cccc(CNCCCc2ccccc2-c2ccsc2)c1)N1CCCCC1. The van der Waals surface area contributed by atoms with E-state index in [1.54, 1.807) is 11.3 Å². The molecule has 4 rings (SSSR count). The molecule has 1 aromatic heterocycles. The summed E-state index contributed by atoms with van der Waals surface area (Å²) in [5.74, 6) is 0.182. The van der Waals surface area contributed by atoms with Crippen LogP contribution in [0.25, 0.3) is 11.1 Å². The van der Waals surface area contributed by atoms with Crippen molar-refractivity contribution in [2.24, 2.45) is 0 Å². The molecule has 0 unspecified atom stereocenters. The average Bonchev–Trinajstić information content (AvgIpc) is 3.34. The normalized spacial score (nSPS) is 14.1. The number of nitrogens with zero attached hydrogens (tertiary/aromatic N) is 1. The Bertz CT molecular complexity index is 945. The number of thiophene rings is 1. The van der Waals surface area contributed by atoms with E-state index in [2.05, 4.69) is 58.5 Å². The lowest BCUT2D eigenvalue weighted by atomic mass is 9.99. The third-order valence-corrected chi connectivity index (χ3v) is 6.48. The topological polar surface area (TPSA) is 32.3 Å². The van der Waals surface area contributed by atoms with Gasteiger partial charge < -0.3 is 10.2 Å². The van der Waals surface area contributed by atoms with Gasteiger partial charge in [-0.2, -0.15) is 11.3 Å². The number of hydrogen-bond acceptors (Lipinski definition) is 3. The highest BCUT2D eigenvalue weighted by Crippen LogP contribution is 2.26. The van der Waals surface area contributed by atoms with Gasteiger partial charge in [0.2, 0.25) is 0 Å². The van der Waals surface area contributed by atoms with Gasteiger partial charge in [-0.05, 0) is 89.9 Å². The van der Waals surface area contributed by atoms with Crippen LogP contribution < -0.4 is 5.32 Å². The lowest BCUT2D eigenvalue weighted by molar-refractivity contribution is 0.0724. The third-order valence-electron chi connectivity index (χ3n) is 5.80. The van der Waals surface area contributed by atoms with Gasteiger partial charge in [0.25, 0.3) is 5.91 Å². The van der Waals surface area contributed by atoms with Gasteiger partial charge in [0.1, 0.15) is 0 Å². The Hall–Kier alpha value is -2.43. The maximum Gasteiger partial charge on any atom is 0.253 e. The Morgan fingerprint density at radius 1 is 1.00 bits per heavy atom. The minimum Gasteiger partial charge on any atom is -0.339 e. The van der Waals surface area contributed by atoms with E-state index in [0.29, 0.717) is 0 Å². The van der Waals surface area contributed by atoms with Crippen molar-refractivity contribution in [1.82, 2.24) is 10.2 Å². The summed E-state index contributed by atoms with van der Waals surface area (Å²) in [6.07, 6.45) is 5.65. The van der Waals surface area contributed by atoms with Gasteiger partial charge in [0.15, 0.2) is 0 Å². The van der Waals surface area contributed by atoms with Crippen LogP contribution >= 0.6 is 11.3 Å². The molecular weight excluding hydrogens is 388 g/mol. The molecule has 1 N–H and O–H groups in total. The highest BCUT2D eigenvalue weighted by Gasteiger charge is 2.18. The first-order valence-corrected chi connectivity index (χ1v) is 11.9. The van der Waals surface area contributed by atoms with Crippen molar-refractivity contribution >= 4 is 17.2 Å². The molecule has 0 bridgehead atoms. The summed E-state index contributed by atoms with van der Waals surface area (Å²) in [6.45, 7) is 3.55. The monoisotopic (exact) mass is 418 g/mol. The number of amides is 1. The minimum absolute atomic E-state index is 0.182. The average molecular weight is 419 g/mol. The van der Waals surface area contributed by atoms with Crippen LogP contribution in [0.5, 0.6) is 0 Å². The molecule has 4 heteroatoms. The van der Waals surface area contributed by atoms with Gasteiger partial charge >= 0.3 is 0 Å². The van der Waals surface area contributed by atoms with Crippen LogP contribution in [-0.2, 0) is 13.0 Å². The lowest BCUT2D eigenvalue weighted by Gasteiger charge is -2.26. The molecule has 2 heterocycles. The van der Waals surface area contributed by atoms with Crippen LogP contribution in [0, 0.1) is 0 Å². The van der Waals surface area contributed by atoms with Crippen LogP contribution in [0.15, 0.2) is 65.4 Å². The predicted molar refractivity (Wildman–Crippen MR) is 126 cm³/mol. The second-order valence-corrected chi connectivity index (χ2v) is 8.78. The smallest absolute Gasteiger partial charge is 0.253 e. The van der Waals surface area contributed by atoms with E-state index in [1.165, 1.54) is 28.7 Å². The highest BCUT2D eigenvalue weighted by molar-refractivity contribution is 7.08. The summed E-state index contributed by atoms with van der Waals surface area (Å²) < 4.78 is 0. The zero-order chi connectivity index (χ0) is 20.6. The van der Waals surface area contributed by atoms with E-state index in [-0.39, 0.29) is 5.91 Å². The lowest BCUT2D eigenvalue weighted by Crippen LogP contribution is -2.35. The van der Waals surface area contributed by atoms with Crippen LogP contribution in [0.4, 0.5) is 0 Å². The van der Waals surface area contributed by atoms with Crippen molar-refractivity contribution in [2.75, 3.05) is 19.6 Å². The number of carbonyl (C=O) groups is 1. The number of benzene rings is 2. The van der Waals surface area contributed by atoms with E-state index >= 15 is 0 Å². The Morgan fingerprint density at radius 2 is 1.87 bits per heavy atom. The quantitative estimate of drug-likeness (QED) is 0.472.